The van der Waals surface area contributed by atoms with Crippen LogP contribution >= 0.6 is 27.5 Å². The molecule has 96 valence electrons. The Morgan fingerprint density at radius 2 is 2.17 bits per heavy atom. The summed E-state index contributed by atoms with van der Waals surface area (Å²) in [4.78, 5) is 24.7. The van der Waals surface area contributed by atoms with Gasteiger partial charge in [0.25, 0.3) is 5.91 Å². The van der Waals surface area contributed by atoms with E-state index in [1.165, 1.54) is 4.90 Å². The predicted octanol–water partition coefficient (Wildman–Crippen LogP) is 2.79. The van der Waals surface area contributed by atoms with Crippen LogP contribution in [-0.2, 0) is 4.79 Å². The summed E-state index contributed by atoms with van der Waals surface area (Å²) in [6.07, 6.45) is 1.20. The van der Waals surface area contributed by atoms with Crippen LogP contribution in [0.4, 0.5) is 0 Å². The van der Waals surface area contributed by atoms with Crippen LogP contribution in [0.2, 0.25) is 5.02 Å². The molecule has 18 heavy (non-hydrogen) atoms. The molecule has 1 atom stereocenters. The van der Waals surface area contributed by atoms with E-state index >= 15 is 0 Å². The SMILES string of the molecule is O=C(O)[C@H]1CCCN1C(=O)c1cc(Br)ccc1Cl. The summed E-state index contributed by atoms with van der Waals surface area (Å²) in [5.74, 6) is -1.29. The first-order valence-electron chi connectivity index (χ1n) is 5.49. The Kier molecular flexibility index (Phi) is 3.92. The smallest absolute Gasteiger partial charge is 0.326 e. The maximum Gasteiger partial charge on any atom is 0.326 e. The topological polar surface area (TPSA) is 57.6 Å². The highest BCUT2D eigenvalue weighted by Gasteiger charge is 2.35. The lowest BCUT2D eigenvalue weighted by Gasteiger charge is -2.22. The second kappa shape index (κ2) is 5.28. The molecule has 1 amide bonds. The molecule has 4 nitrogen and oxygen atoms in total. The van der Waals surface area contributed by atoms with Crippen molar-refractivity contribution in [2.75, 3.05) is 6.54 Å². The summed E-state index contributed by atoms with van der Waals surface area (Å²) < 4.78 is 0.737. The first kappa shape index (κ1) is 13.4. The molecule has 1 aromatic rings. The van der Waals surface area contributed by atoms with Gasteiger partial charge in [0.05, 0.1) is 10.6 Å². The monoisotopic (exact) mass is 331 g/mol. The normalized spacial score (nSPS) is 19.0. The van der Waals surface area contributed by atoms with E-state index in [2.05, 4.69) is 15.9 Å². The fraction of sp³-hybridized carbons (Fsp3) is 0.333. The van der Waals surface area contributed by atoms with Crippen molar-refractivity contribution >= 4 is 39.4 Å². The maximum atomic E-state index is 12.3. The molecule has 0 radical (unpaired) electrons. The lowest BCUT2D eigenvalue weighted by Crippen LogP contribution is -2.40. The molecule has 0 aliphatic carbocycles. The van der Waals surface area contributed by atoms with Crippen molar-refractivity contribution in [2.45, 2.75) is 18.9 Å². The van der Waals surface area contributed by atoms with Crippen molar-refractivity contribution in [2.24, 2.45) is 0 Å². The molecule has 6 heteroatoms. The van der Waals surface area contributed by atoms with Gasteiger partial charge in [-0.2, -0.15) is 0 Å². The minimum Gasteiger partial charge on any atom is -0.480 e. The Balaban J connectivity index is 2.31. The fourth-order valence-electron chi connectivity index (χ4n) is 2.08. The zero-order chi connectivity index (χ0) is 13.3. The van der Waals surface area contributed by atoms with Crippen LogP contribution in [-0.4, -0.2) is 34.5 Å². The van der Waals surface area contributed by atoms with Crippen LogP contribution in [0.5, 0.6) is 0 Å². The third kappa shape index (κ3) is 2.52. The molecule has 1 aromatic carbocycles. The lowest BCUT2D eigenvalue weighted by atomic mass is 10.1. The number of aliphatic carboxylic acids is 1. The molecule has 0 aromatic heterocycles. The average Bonchev–Trinajstić information content (AvgIpc) is 2.80. The van der Waals surface area contributed by atoms with Gasteiger partial charge in [-0.15, -0.1) is 0 Å². The number of likely N-dealkylation sites (tertiary alicyclic amines) is 1. The van der Waals surface area contributed by atoms with Crippen molar-refractivity contribution in [3.63, 3.8) is 0 Å². The van der Waals surface area contributed by atoms with Gasteiger partial charge in [-0.3, -0.25) is 4.79 Å². The van der Waals surface area contributed by atoms with Gasteiger partial charge >= 0.3 is 5.97 Å². The quantitative estimate of drug-likeness (QED) is 0.906. The summed E-state index contributed by atoms with van der Waals surface area (Å²) in [7, 11) is 0. The van der Waals surface area contributed by atoms with Gasteiger partial charge in [-0.05, 0) is 31.0 Å². The molecule has 0 saturated carbocycles. The number of carbonyl (C=O) groups is 2. The first-order chi connectivity index (χ1) is 8.50. The minimum atomic E-state index is -0.966. The molecular weight excluding hydrogens is 321 g/mol. The zero-order valence-corrected chi connectivity index (χ0v) is 11.7. The van der Waals surface area contributed by atoms with Crippen molar-refractivity contribution in [3.05, 3.63) is 33.3 Å². The van der Waals surface area contributed by atoms with E-state index < -0.39 is 12.0 Å². The molecule has 0 bridgehead atoms. The number of benzene rings is 1. The minimum absolute atomic E-state index is 0.328. The van der Waals surface area contributed by atoms with Crippen LogP contribution in [0, 0.1) is 0 Å². The van der Waals surface area contributed by atoms with E-state index in [1.54, 1.807) is 18.2 Å². The first-order valence-corrected chi connectivity index (χ1v) is 6.66. The van der Waals surface area contributed by atoms with Gasteiger partial charge in [0.15, 0.2) is 0 Å². The summed E-state index contributed by atoms with van der Waals surface area (Å²) in [6.45, 7) is 0.457. The molecular formula is C12H11BrClNO3. The number of carboxylic acids is 1. The second-order valence-corrected chi connectivity index (χ2v) is 5.44. The second-order valence-electron chi connectivity index (χ2n) is 4.12. The molecule has 1 saturated heterocycles. The molecule has 1 aliphatic rings. The largest absolute Gasteiger partial charge is 0.480 e. The van der Waals surface area contributed by atoms with E-state index in [9.17, 15) is 9.59 Å². The van der Waals surface area contributed by atoms with Crippen molar-refractivity contribution in [3.8, 4) is 0 Å². The Labute approximate surface area is 118 Å². The molecule has 0 unspecified atom stereocenters. The summed E-state index contributed by atoms with van der Waals surface area (Å²) in [6, 6.07) is 4.22. The summed E-state index contributed by atoms with van der Waals surface area (Å²) >= 11 is 9.25. The molecule has 1 heterocycles. The van der Waals surface area contributed by atoms with Crippen LogP contribution in [0.1, 0.15) is 23.2 Å². The number of carboxylic acid groups (broad SMARTS) is 1. The number of amides is 1. The molecule has 2 rings (SSSR count). The van der Waals surface area contributed by atoms with Gasteiger partial charge in [-0.25, -0.2) is 4.79 Å². The maximum absolute atomic E-state index is 12.3. The molecule has 1 fully saturated rings. The van der Waals surface area contributed by atoms with Gasteiger partial charge in [0.1, 0.15) is 6.04 Å². The predicted molar refractivity (Wildman–Crippen MR) is 70.8 cm³/mol. The van der Waals surface area contributed by atoms with E-state index in [0.29, 0.717) is 30.0 Å². The summed E-state index contributed by atoms with van der Waals surface area (Å²) in [5, 5.41) is 9.40. The van der Waals surface area contributed by atoms with Gasteiger partial charge < -0.3 is 10.0 Å². The molecule has 1 N–H and O–H groups in total. The van der Waals surface area contributed by atoms with Crippen molar-refractivity contribution in [1.82, 2.24) is 4.90 Å². The number of halogens is 2. The Bertz CT molecular complexity index is 506. The number of carbonyl (C=O) groups excluding carboxylic acids is 1. The fourth-order valence-corrected chi connectivity index (χ4v) is 2.64. The van der Waals surface area contributed by atoms with E-state index in [1.807, 2.05) is 0 Å². The third-order valence-corrected chi connectivity index (χ3v) is 3.78. The van der Waals surface area contributed by atoms with Crippen molar-refractivity contribution in [1.29, 1.82) is 0 Å². The highest BCUT2D eigenvalue weighted by molar-refractivity contribution is 9.10. The third-order valence-electron chi connectivity index (χ3n) is 2.96. The zero-order valence-electron chi connectivity index (χ0n) is 9.40. The highest BCUT2D eigenvalue weighted by atomic mass is 79.9. The van der Waals surface area contributed by atoms with E-state index in [4.69, 9.17) is 16.7 Å². The molecule has 0 spiro atoms. The number of rotatable bonds is 2. The Hall–Kier alpha value is -1.07. The highest BCUT2D eigenvalue weighted by Crippen LogP contribution is 2.26. The van der Waals surface area contributed by atoms with Crippen molar-refractivity contribution < 1.29 is 14.7 Å². The standard InChI is InChI=1S/C12H11BrClNO3/c13-7-3-4-9(14)8(6-7)11(16)15-5-1-2-10(15)12(17)18/h3-4,6,10H,1-2,5H2,(H,17,18)/t10-/m1/s1. The van der Waals surface area contributed by atoms with E-state index in [-0.39, 0.29) is 5.91 Å². The number of nitrogens with zero attached hydrogens (tertiary/aromatic N) is 1. The van der Waals surface area contributed by atoms with E-state index in [0.717, 1.165) is 4.47 Å². The van der Waals surface area contributed by atoms with Crippen LogP contribution in [0.25, 0.3) is 0 Å². The Morgan fingerprint density at radius 1 is 1.44 bits per heavy atom. The van der Waals surface area contributed by atoms with Crippen LogP contribution in [0.3, 0.4) is 0 Å². The summed E-state index contributed by atoms with van der Waals surface area (Å²) in [5.41, 5.74) is 0.333. The van der Waals surface area contributed by atoms with Gasteiger partial charge in [0, 0.05) is 11.0 Å². The number of hydrogen-bond donors (Lipinski definition) is 1. The Morgan fingerprint density at radius 3 is 2.83 bits per heavy atom. The van der Waals surface area contributed by atoms with Crippen LogP contribution in [0.15, 0.2) is 22.7 Å². The van der Waals surface area contributed by atoms with Gasteiger partial charge in [-0.1, -0.05) is 27.5 Å². The average molecular weight is 333 g/mol. The van der Waals surface area contributed by atoms with Gasteiger partial charge in [0.2, 0.25) is 0 Å². The lowest BCUT2D eigenvalue weighted by molar-refractivity contribution is -0.141. The molecule has 1 aliphatic heterocycles. The number of hydrogen-bond acceptors (Lipinski definition) is 2. The van der Waals surface area contributed by atoms with Crippen LogP contribution < -0.4 is 0 Å².